The van der Waals surface area contributed by atoms with Gasteiger partial charge in [-0.25, -0.2) is 4.98 Å². The van der Waals surface area contributed by atoms with Crippen molar-refractivity contribution >= 4 is 17.7 Å². The van der Waals surface area contributed by atoms with Gasteiger partial charge in [-0.1, -0.05) is 0 Å². The minimum atomic E-state index is -4.58. The highest BCUT2D eigenvalue weighted by molar-refractivity contribution is 5.83. The van der Waals surface area contributed by atoms with E-state index in [0.717, 1.165) is 18.9 Å². The molecule has 0 bridgehead atoms. The van der Waals surface area contributed by atoms with Gasteiger partial charge in [0, 0.05) is 19.7 Å². The van der Waals surface area contributed by atoms with Crippen LogP contribution in [0.3, 0.4) is 0 Å². The molecule has 1 aromatic rings. The van der Waals surface area contributed by atoms with Crippen molar-refractivity contribution in [2.24, 2.45) is 5.73 Å². The molecular formula is C12H16F3N5O. The largest absolute Gasteiger partial charge is 0.433 e. The first-order chi connectivity index (χ1) is 9.82. The molecule has 0 aliphatic carbocycles. The summed E-state index contributed by atoms with van der Waals surface area (Å²) in [7, 11) is 1.43. The summed E-state index contributed by atoms with van der Waals surface area (Å²) < 4.78 is 38.6. The Hall–Kier alpha value is -2.06. The number of nitrogens with one attached hydrogen (secondary N) is 1. The summed E-state index contributed by atoms with van der Waals surface area (Å²) in [5.74, 6) is -0.647. The number of carbonyl (C=O) groups excluding carboxylic acids is 1. The van der Waals surface area contributed by atoms with Crippen LogP contribution in [0.1, 0.15) is 25.0 Å². The number of anilines is 2. The number of carbonyl (C=O) groups is 1. The van der Waals surface area contributed by atoms with Gasteiger partial charge in [0.1, 0.15) is 11.9 Å². The molecule has 1 fully saturated rings. The average Bonchev–Trinajstić information content (AvgIpc) is 2.45. The maximum absolute atomic E-state index is 12.9. The molecule has 3 N–H and O–H groups in total. The van der Waals surface area contributed by atoms with Gasteiger partial charge in [-0.2, -0.15) is 18.2 Å². The lowest BCUT2D eigenvalue weighted by molar-refractivity contribution is -0.141. The average molecular weight is 303 g/mol. The lowest BCUT2D eigenvalue weighted by atomic mass is 10.0. The van der Waals surface area contributed by atoms with Gasteiger partial charge in [0.15, 0.2) is 5.69 Å². The van der Waals surface area contributed by atoms with Gasteiger partial charge in [0.2, 0.25) is 11.9 Å². The lowest BCUT2D eigenvalue weighted by Crippen LogP contribution is -2.48. The molecule has 0 saturated carbocycles. The van der Waals surface area contributed by atoms with Gasteiger partial charge < -0.3 is 16.0 Å². The van der Waals surface area contributed by atoms with E-state index in [1.54, 1.807) is 0 Å². The second-order valence-corrected chi connectivity index (χ2v) is 4.79. The predicted octanol–water partition coefficient (Wildman–Crippen LogP) is 1.38. The Morgan fingerprint density at radius 3 is 2.71 bits per heavy atom. The van der Waals surface area contributed by atoms with Crippen molar-refractivity contribution in [1.29, 1.82) is 0 Å². The molecule has 2 heterocycles. The summed E-state index contributed by atoms with van der Waals surface area (Å²) >= 11 is 0. The molecule has 0 spiro atoms. The van der Waals surface area contributed by atoms with Crippen molar-refractivity contribution < 1.29 is 18.0 Å². The minimum Gasteiger partial charge on any atom is -0.368 e. The van der Waals surface area contributed by atoms with Crippen molar-refractivity contribution in [3.63, 3.8) is 0 Å². The lowest BCUT2D eigenvalue weighted by Gasteiger charge is -2.34. The number of alkyl halides is 3. The van der Waals surface area contributed by atoms with Gasteiger partial charge in [-0.05, 0) is 19.3 Å². The molecule has 116 valence electrons. The Labute approximate surface area is 119 Å². The fourth-order valence-corrected chi connectivity index (χ4v) is 2.34. The molecule has 9 heteroatoms. The van der Waals surface area contributed by atoms with E-state index in [2.05, 4.69) is 15.3 Å². The number of hydrogen-bond acceptors (Lipinski definition) is 5. The molecule has 0 radical (unpaired) electrons. The summed E-state index contributed by atoms with van der Waals surface area (Å²) in [5.41, 5.74) is 4.28. The second-order valence-electron chi connectivity index (χ2n) is 4.79. The van der Waals surface area contributed by atoms with E-state index in [4.69, 9.17) is 5.73 Å². The van der Waals surface area contributed by atoms with Gasteiger partial charge in [-0.3, -0.25) is 4.79 Å². The monoisotopic (exact) mass is 303 g/mol. The zero-order valence-corrected chi connectivity index (χ0v) is 11.4. The molecule has 21 heavy (non-hydrogen) atoms. The Morgan fingerprint density at radius 2 is 2.14 bits per heavy atom. The van der Waals surface area contributed by atoms with Crippen LogP contribution < -0.4 is 16.0 Å². The van der Waals surface area contributed by atoms with E-state index in [-0.39, 0.29) is 11.8 Å². The quantitative estimate of drug-likeness (QED) is 0.881. The first-order valence-corrected chi connectivity index (χ1v) is 6.53. The number of piperidine rings is 1. The third-order valence-electron chi connectivity index (χ3n) is 3.35. The van der Waals surface area contributed by atoms with E-state index in [1.165, 1.54) is 11.9 Å². The summed E-state index contributed by atoms with van der Waals surface area (Å²) in [5, 5.41) is 2.50. The van der Waals surface area contributed by atoms with Gasteiger partial charge >= 0.3 is 6.18 Å². The molecule has 1 amide bonds. The first-order valence-electron chi connectivity index (χ1n) is 6.53. The maximum atomic E-state index is 12.9. The van der Waals surface area contributed by atoms with Crippen LogP contribution in [0.25, 0.3) is 0 Å². The third kappa shape index (κ3) is 3.34. The van der Waals surface area contributed by atoms with E-state index >= 15 is 0 Å². The fraction of sp³-hybridized carbons (Fsp3) is 0.583. The first kappa shape index (κ1) is 15.3. The summed E-state index contributed by atoms with van der Waals surface area (Å²) in [6, 6.07) is 0.210. The number of hydrogen-bond donors (Lipinski definition) is 2. The number of rotatable bonds is 3. The molecule has 1 aliphatic heterocycles. The fourth-order valence-electron chi connectivity index (χ4n) is 2.34. The highest BCUT2D eigenvalue weighted by Gasteiger charge is 2.35. The standard InChI is InChI=1S/C12H16F3N5O/c1-17-11-18-8(12(13,14)15)6-9(19-11)20-5-3-2-4-7(20)10(16)21/h6-7H,2-5H2,1H3,(H2,16,21)(H,17,18,19). The molecule has 1 unspecified atom stereocenters. The molecule has 1 atom stereocenters. The van der Waals surface area contributed by atoms with Crippen molar-refractivity contribution in [2.45, 2.75) is 31.5 Å². The smallest absolute Gasteiger partial charge is 0.368 e. The van der Waals surface area contributed by atoms with E-state index in [9.17, 15) is 18.0 Å². The zero-order chi connectivity index (χ0) is 15.6. The number of aromatic nitrogens is 2. The molecule has 2 rings (SSSR count). The highest BCUT2D eigenvalue weighted by Crippen LogP contribution is 2.32. The van der Waals surface area contributed by atoms with Crippen LogP contribution in [-0.4, -0.2) is 35.5 Å². The molecule has 6 nitrogen and oxygen atoms in total. The van der Waals surface area contributed by atoms with Gasteiger partial charge in [0.25, 0.3) is 0 Å². The highest BCUT2D eigenvalue weighted by atomic mass is 19.4. The van der Waals surface area contributed by atoms with E-state index in [0.29, 0.717) is 13.0 Å². The Balaban J connectivity index is 2.43. The van der Waals surface area contributed by atoms with Gasteiger partial charge in [0.05, 0.1) is 0 Å². The Morgan fingerprint density at radius 1 is 1.43 bits per heavy atom. The number of halogens is 3. The Bertz CT molecular complexity index is 534. The minimum absolute atomic E-state index is 0.0603. The van der Waals surface area contributed by atoms with Crippen molar-refractivity contribution in [3.8, 4) is 0 Å². The summed E-state index contributed by atoms with van der Waals surface area (Å²) in [6.07, 6.45) is -2.50. The summed E-state index contributed by atoms with van der Waals surface area (Å²) in [6.45, 7) is 0.436. The summed E-state index contributed by atoms with van der Waals surface area (Å²) in [4.78, 5) is 20.4. The van der Waals surface area contributed by atoms with Crippen LogP contribution in [-0.2, 0) is 11.0 Å². The number of amides is 1. The number of nitrogens with two attached hydrogens (primary N) is 1. The van der Waals surface area contributed by atoms with Crippen molar-refractivity contribution in [2.75, 3.05) is 23.8 Å². The third-order valence-corrected chi connectivity index (χ3v) is 3.35. The van der Waals surface area contributed by atoms with Crippen molar-refractivity contribution in [3.05, 3.63) is 11.8 Å². The van der Waals surface area contributed by atoms with Gasteiger partial charge in [-0.15, -0.1) is 0 Å². The van der Waals surface area contributed by atoms with Crippen LogP contribution in [0.2, 0.25) is 0 Å². The zero-order valence-electron chi connectivity index (χ0n) is 11.4. The molecule has 1 saturated heterocycles. The Kier molecular flexibility index (Phi) is 4.19. The van der Waals surface area contributed by atoms with Crippen LogP contribution in [0.4, 0.5) is 24.9 Å². The second kappa shape index (κ2) is 5.74. The van der Waals surface area contributed by atoms with E-state index in [1.807, 2.05) is 0 Å². The maximum Gasteiger partial charge on any atom is 0.433 e. The van der Waals surface area contributed by atoms with Crippen LogP contribution >= 0.6 is 0 Å². The predicted molar refractivity (Wildman–Crippen MR) is 70.8 cm³/mol. The SMILES string of the molecule is CNc1nc(N2CCCCC2C(N)=O)cc(C(F)(F)F)n1. The van der Waals surface area contributed by atoms with Crippen LogP contribution in [0.5, 0.6) is 0 Å². The molecule has 1 aliphatic rings. The molecule has 1 aromatic heterocycles. The number of nitrogens with zero attached hydrogens (tertiary/aromatic N) is 3. The number of primary amides is 1. The topological polar surface area (TPSA) is 84.1 Å². The molecule has 0 aromatic carbocycles. The molecular weight excluding hydrogens is 287 g/mol. The normalized spacial score (nSPS) is 19.4. The van der Waals surface area contributed by atoms with Crippen LogP contribution in [0, 0.1) is 0 Å². The van der Waals surface area contributed by atoms with Crippen LogP contribution in [0.15, 0.2) is 6.07 Å². The van der Waals surface area contributed by atoms with Crippen molar-refractivity contribution in [1.82, 2.24) is 9.97 Å². The van der Waals surface area contributed by atoms with E-state index < -0.39 is 23.8 Å².